The highest BCUT2D eigenvalue weighted by molar-refractivity contribution is 9.10. The molecule has 0 saturated carbocycles. The van der Waals surface area contributed by atoms with E-state index in [-0.39, 0.29) is 5.69 Å². The lowest BCUT2D eigenvalue weighted by atomic mass is 10.1. The Balaban J connectivity index is 2.32. The fraction of sp³-hybridized carbons (Fsp3) is 0.143. The summed E-state index contributed by atoms with van der Waals surface area (Å²) in [6.45, 7) is 1.75. The second kappa shape index (κ2) is 6.29. The molecule has 0 saturated heterocycles. The number of nitrogens with one attached hydrogen (secondary N) is 1. The van der Waals surface area contributed by atoms with Crippen molar-refractivity contribution >= 4 is 44.8 Å². The summed E-state index contributed by atoms with van der Waals surface area (Å²) in [6, 6.07) is 6.95. The van der Waals surface area contributed by atoms with Crippen LogP contribution in [0.2, 0.25) is 10.0 Å². The van der Waals surface area contributed by atoms with Crippen molar-refractivity contribution in [1.82, 2.24) is 0 Å². The molecule has 1 atom stereocenters. The predicted molar refractivity (Wildman–Crippen MR) is 82.6 cm³/mol. The van der Waals surface area contributed by atoms with Gasteiger partial charge in [0, 0.05) is 14.5 Å². The minimum absolute atomic E-state index is 0.197. The van der Waals surface area contributed by atoms with Crippen molar-refractivity contribution in [3.63, 3.8) is 0 Å². The molecule has 1 N–H and O–H groups in total. The Labute approximate surface area is 134 Å². The quantitative estimate of drug-likeness (QED) is 0.667. The van der Waals surface area contributed by atoms with Crippen LogP contribution in [0.25, 0.3) is 0 Å². The average Bonchev–Trinajstić information content (AvgIpc) is 2.36. The summed E-state index contributed by atoms with van der Waals surface area (Å²) in [5, 5.41) is 3.76. The van der Waals surface area contributed by atoms with Gasteiger partial charge in [-0.2, -0.15) is 0 Å². The van der Waals surface area contributed by atoms with Gasteiger partial charge in [0.05, 0.1) is 6.04 Å². The normalized spacial score (nSPS) is 12.3. The molecule has 0 radical (unpaired) electrons. The molecular weight excluding hydrogens is 371 g/mol. The third-order valence-electron chi connectivity index (χ3n) is 2.79. The molecule has 0 amide bonds. The molecule has 6 heteroatoms. The number of anilines is 1. The third kappa shape index (κ3) is 3.43. The van der Waals surface area contributed by atoms with Gasteiger partial charge in [-0.3, -0.25) is 0 Å². The van der Waals surface area contributed by atoms with Crippen LogP contribution in [-0.4, -0.2) is 0 Å². The first-order chi connectivity index (χ1) is 9.38. The summed E-state index contributed by atoms with van der Waals surface area (Å²) in [5.41, 5.74) is 0.470. The summed E-state index contributed by atoms with van der Waals surface area (Å²) >= 11 is 15.0. The molecule has 0 bridgehead atoms. The van der Waals surface area contributed by atoms with Crippen LogP contribution < -0.4 is 5.32 Å². The Morgan fingerprint density at radius 3 is 2.30 bits per heavy atom. The van der Waals surface area contributed by atoms with Gasteiger partial charge < -0.3 is 5.32 Å². The summed E-state index contributed by atoms with van der Waals surface area (Å²) in [4.78, 5) is 0. The predicted octanol–water partition coefficient (Wildman–Crippen LogP) is 6.21. The Morgan fingerprint density at radius 2 is 1.70 bits per heavy atom. The van der Waals surface area contributed by atoms with Gasteiger partial charge >= 0.3 is 0 Å². The van der Waals surface area contributed by atoms with Gasteiger partial charge in [0.15, 0.2) is 0 Å². The number of benzene rings is 2. The monoisotopic (exact) mass is 379 g/mol. The van der Waals surface area contributed by atoms with Crippen LogP contribution in [0.3, 0.4) is 0 Å². The first-order valence-electron chi connectivity index (χ1n) is 5.74. The number of halogens is 5. The standard InChI is InChI=1S/C14H10BrCl2F2N/c1-7(10-6-9(16)2-3-11(10)17)20-14-12(18)4-8(15)5-13(14)19/h2-7,20H,1H3. The molecule has 0 fully saturated rings. The molecule has 0 aliphatic heterocycles. The van der Waals surface area contributed by atoms with Crippen LogP contribution >= 0.6 is 39.1 Å². The lowest BCUT2D eigenvalue weighted by Gasteiger charge is -2.18. The highest BCUT2D eigenvalue weighted by Crippen LogP contribution is 2.31. The van der Waals surface area contributed by atoms with Crippen molar-refractivity contribution in [2.45, 2.75) is 13.0 Å². The lowest BCUT2D eigenvalue weighted by molar-refractivity contribution is 0.583. The second-order valence-electron chi connectivity index (χ2n) is 4.28. The van der Waals surface area contributed by atoms with Crippen molar-refractivity contribution in [2.75, 3.05) is 5.32 Å². The zero-order valence-electron chi connectivity index (χ0n) is 10.4. The molecule has 0 spiro atoms. The molecule has 0 aliphatic carbocycles. The zero-order chi connectivity index (χ0) is 14.9. The maximum Gasteiger partial charge on any atom is 0.150 e. The highest BCUT2D eigenvalue weighted by Gasteiger charge is 2.16. The van der Waals surface area contributed by atoms with E-state index in [0.29, 0.717) is 20.1 Å². The van der Waals surface area contributed by atoms with E-state index in [9.17, 15) is 8.78 Å². The molecule has 0 aliphatic rings. The summed E-state index contributed by atoms with van der Waals surface area (Å²) in [7, 11) is 0. The molecule has 0 heterocycles. The fourth-order valence-corrected chi connectivity index (χ4v) is 2.68. The molecule has 20 heavy (non-hydrogen) atoms. The third-order valence-corrected chi connectivity index (χ3v) is 3.83. The van der Waals surface area contributed by atoms with Crippen LogP contribution in [0.5, 0.6) is 0 Å². The van der Waals surface area contributed by atoms with Crippen molar-refractivity contribution in [2.24, 2.45) is 0 Å². The Hall–Kier alpha value is -0.840. The number of hydrogen-bond donors (Lipinski definition) is 1. The smallest absolute Gasteiger partial charge is 0.150 e. The Morgan fingerprint density at radius 1 is 1.10 bits per heavy atom. The molecular formula is C14H10BrCl2F2N. The van der Waals surface area contributed by atoms with Crippen LogP contribution in [-0.2, 0) is 0 Å². The summed E-state index contributed by atoms with van der Waals surface area (Å²) in [5.74, 6) is -1.36. The van der Waals surface area contributed by atoms with E-state index in [0.717, 1.165) is 0 Å². The lowest BCUT2D eigenvalue weighted by Crippen LogP contribution is -2.10. The first kappa shape index (κ1) is 15.5. The van der Waals surface area contributed by atoms with Crippen molar-refractivity contribution in [1.29, 1.82) is 0 Å². The molecule has 1 unspecified atom stereocenters. The molecule has 0 aromatic heterocycles. The summed E-state index contributed by atoms with van der Waals surface area (Å²) < 4.78 is 27.9. The largest absolute Gasteiger partial charge is 0.374 e. The molecule has 1 nitrogen and oxygen atoms in total. The second-order valence-corrected chi connectivity index (χ2v) is 6.04. The SMILES string of the molecule is CC(Nc1c(F)cc(Br)cc1F)c1cc(Cl)ccc1Cl. The van der Waals surface area contributed by atoms with E-state index >= 15 is 0 Å². The van der Waals surface area contributed by atoms with E-state index in [1.54, 1.807) is 25.1 Å². The van der Waals surface area contributed by atoms with Crippen LogP contribution in [0.15, 0.2) is 34.8 Å². The van der Waals surface area contributed by atoms with Crippen molar-refractivity contribution in [3.8, 4) is 0 Å². The summed E-state index contributed by atoms with van der Waals surface area (Å²) in [6.07, 6.45) is 0. The van der Waals surface area contributed by atoms with Crippen LogP contribution in [0.4, 0.5) is 14.5 Å². The van der Waals surface area contributed by atoms with E-state index in [1.165, 1.54) is 12.1 Å². The van der Waals surface area contributed by atoms with Gasteiger partial charge in [-0.25, -0.2) is 8.78 Å². The van der Waals surface area contributed by atoms with E-state index in [4.69, 9.17) is 23.2 Å². The molecule has 2 aromatic rings. The van der Waals surface area contributed by atoms with E-state index < -0.39 is 17.7 Å². The van der Waals surface area contributed by atoms with Crippen molar-refractivity contribution < 1.29 is 8.78 Å². The molecule has 2 aromatic carbocycles. The highest BCUT2D eigenvalue weighted by atomic mass is 79.9. The molecule has 106 valence electrons. The van der Waals surface area contributed by atoms with E-state index in [2.05, 4.69) is 21.2 Å². The Kier molecular flexibility index (Phi) is 4.89. The number of rotatable bonds is 3. The van der Waals surface area contributed by atoms with E-state index in [1.807, 2.05) is 0 Å². The van der Waals surface area contributed by atoms with Crippen LogP contribution in [0.1, 0.15) is 18.5 Å². The maximum atomic E-state index is 13.8. The zero-order valence-corrected chi connectivity index (χ0v) is 13.5. The maximum absolute atomic E-state index is 13.8. The first-order valence-corrected chi connectivity index (χ1v) is 7.29. The van der Waals surface area contributed by atoms with Gasteiger partial charge in [0.2, 0.25) is 0 Å². The van der Waals surface area contributed by atoms with Crippen molar-refractivity contribution in [3.05, 3.63) is 62.0 Å². The topological polar surface area (TPSA) is 12.0 Å². The Bertz CT molecular complexity index is 626. The number of hydrogen-bond acceptors (Lipinski definition) is 1. The average molecular weight is 381 g/mol. The fourth-order valence-electron chi connectivity index (χ4n) is 1.82. The van der Waals surface area contributed by atoms with Gasteiger partial charge in [0.25, 0.3) is 0 Å². The molecule has 2 rings (SSSR count). The van der Waals surface area contributed by atoms with Gasteiger partial charge in [-0.15, -0.1) is 0 Å². The van der Waals surface area contributed by atoms with Crippen LogP contribution in [0, 0.1) is 11.6 Å². The van der Waals surface area contributed by atoms with Gasteiger partial charge in [0.1, 0.15) is 17.3 Å². The minimum atomic E-state index is -0.679. The van der Waals surface area contributed by atoms with Gasteiger partial charge in [-0.1, -0.05) is 39.1 Å². The van der Waals surface area contributed by atoms with Gasteiger partial charge in [-0.05, 0) is 42.8 Å². The minimum Gasteiger partial charge on any atom is -0.374 e.